The van der Waals surface area contributed by atoms with Gasteiger partial charge in [-0.1, -0.05) is 19.3 Å². The number of likely N-dealkylation sites (tertiary alicyclic amines) is 1. The van der Waals surface area contributed by atoms with Gasteiger partial charge in [-0.25, -0.2) is 0 Å². The first-order valence-electron chi connectivity index (χ1n) is 8.59. The van der Waals surface area contributed by atoms with Crippen LogP contribution in [0, 0.1) is 0 Å². The highest BCUT2D eigenvalue weighted by atomic mass is 16.5. The predicted molar refractivity (Wildman–Crippen MR) is 95.2 cm³/mol. The molecule has 136 valence electrons. The average Bonchev–Trinajstić information content (AvgIpc) is 2.56. The first kappa shape index (κ1) is 18.9. The fraction of sp³-hybridized carbons (Fsp3) is 0.500. The molecule has 1 saturated heterocycles. The average molecular weight is 347 g/mol. The van der Waals surface area contributed by atoms with E-state index in [4.69, 9.17) is 4.74 Å². The molecule has 7 nitrogen and oxygen atoms in total. The van der Waals surface area contributed by atoms with Crippen molar-refractivity contribution in [2.24, 2.45) is 0 Å². The minimum Gasteiger partial charge on any atom is -0.375 e. The number of amides is 3. The van der Waals surface area contributed by atoms with Crippen LogP contribution in [-0.4, -0.2) is 49.4 Å². The van der Waals surface area contributed by atoms with E-state index >= 15 is 0 Å². The summed E-state index contributed by atoms with van der Waals surface area (Å²) in [4.78, 5) is 37.5. The molecule has 1 aromatic carbocycles. The van der Waals surface area contributed by atoms with Crippen LogP contribution < -0.4 is 10.6 Å². The first-order chi connectivity index (χ1) is 12.1. The fourth-order valence-electron chi connectivity index (χ4n) is 2.74. The van der Waals surface area contributed by atoms with Crippen molar-refractivity contribution in [1.29, 1.82) is 0 Å². The highest BCUT2D eigenvalue weighted by Gasteiger charge is 2.22. The zero-order valence-corrected chi connectivity index (χ0v) is 14.5. The van der Waals surface area contributed by atoms with Gasteiger partial charge in [0.2, 0.25) is 5.91 Å². The summed E-state index contributed by atoms with van der Waals surface area (Å²) in [6.07, 6.45) is 5.27. The van der Waals surface area contributed by atoms with Crippen molar-refractivity contribution < 1.29 is 19.1 Å². The number of nitrogens with one attached hydrogen (secondary N) is 2. The van der Waals surface area contributed by atoms with E-state index in [-0.39, 0.29) is 12.5 Å². The number of anilines is 2. The first-order valence-corrected chi connectivity index (χ1v) is 8.59. The zero-order valence-electron chi connectivity index (χ0n) is 14.5. The smallest absolute Gasteiger partial charge is 0.313 e. The minimum atomic E-state index is -0.628. The monoisotopic (exact) mass is 347 g/mol. The molecule has 0 atom stereocenters. The second kappa shape index (κ2) is 9.78. The zero-order chi connectivity index (χ0) is 18.1. The normalized spacial score (nSPS) is 15.0. The van der Waals surface area contributed by atoms with E-state index in [0.29, 0.717) is 24.5 Å². The third-order valence-electron chi connectivity index (χ3n) is 4.04. The van der Waals surface area contributed by atoms with Crippen LogP contribution in [-0.2, 0) is 19.1 Å². The minimum absolute atomic E-state index is 0.0250. The van der Waals surface area contributed by atoms with E-state index in [9.17, 15) is 14.4 Å². The van der Waals surface area contributed by atoms with E-state index in [2.05, 4.69) is 10.6 Å². The topological polar surface area (TPSA) is 87.7 Å². The van der Waals surface area contributed by atoms with Crippen molar-refractivity contribution in [2.45, 2.75) is 32.1 Å². The highest BCUT2D eigenvalue weighted by molar-refractivity contribution is 6.39. The van der Waals surface area contributed by atoms with E-state index in [1.165, 1.54) is 13.5 Å². The number of hydrogen-bond donors (Lipinski definition) is 2. The van der Waals surface area contributed by atoms with Crippen LogP contribution in [0.1, 0.15) is 32.1 Å². The van der Waals surface area contributed by atoms with Crippen LogP contribution in [0.5, 0.6) is 0 Å². The molecule has 2 N–H and O–H groups in total. The number of carbonyl (C=O) groups excluding carboxylic acids is 3. The summed E-state index contributed by atoms with van der Waals surface area (Å²) in [7, 11) is 1.45. The van der Waals surface area contributed by atoms with Crippen LogP contribution in [0.2, 0.25) is 0 Å². The molecular formula is C18H25N3O4. The summed E-state index contributed by atoms with van der Waals surface area (Å²) in [5, 5.41) is 5.27. The Hall–Kier alpha value is -2.41. The molecule has 2 rings (SSSR count). The molecule has 1 heterocycles. The van der Waals surface area contributed by atoms with Crippen molar-refractivity contribution in [1.82, 2.24) is 4.90 Å². The molecule has 0 spiro atoms. The lowest BCUT2D eigenvalue weighted by Gasteiger charge is -2.24. The molecule has 0 unspecified atom stereocenters. The number of benzene rings is 1. The van der Waals surface area contributed by atoms with Crippen LogP contribution in [0.4, 0.5) is 11.4 Å². The number of nitrogens with zero attached hydrogens (tertiary/aromatic N) is 1. The molecule has 1 aliphatic rings. The van der Waals surface area contributed by atoms with Gasteiger partial charge in [-0.3, -0.25) is 14.4 Å². The maximum Gasteiger partial charge on any atom is 0.313 e. The van der Waals surface area contributed by atoms with Gasteiger partial charge < -0.3 is 20.3 Å². The lowest BCUT2D eigenvalue weighted by Crippen LogP contribution is -2.41. The Bertz CT molecular complexity index is 593. The molecular weight excluding hydrogens is 322 g/mol. The Kier molecular flexibility index (Phi) is 7.40. The Labute approximate surface area is 147 Å². The van der Waals surface area contributed by atoms with E-state index < -0.39 is 11.8 Å². The third kappa shape index (κ3) is 6.19. The molecule has 3 amide bonds. The Morgan fingerprint density at radius 3 is 2.00 bits per heavy atom. The molecule has 1 aromatic rings. The number of rotatable bonds is 4. The molecule has 0 aliphatic carbocycles. The third-order valence-corrected chi connectivity index (χ3v) is 4.04. The molecule has 0 bridgehead atoms. The lowest BCUT2D eigenvalue weighted by atomic mass is 10.1. The molecule has 1 fully saturated rings. The number of ether oxygens (including phenoxy) is 1. The van der Waals surface area contributed by atoms with Gasteiger partial charge in [0.25, 0.3) is 0 Å². The Morgan fingerprint density at radius 1 is 0.920 bits per heavy atom. The maximum atomic E-state index is 12.3. The van der Waals surface area contributed by atoms with Crippen LogP contribution in [0.3, 0.4) is 0 Å². The summed E-state index contributed by atoms with van der Waals surface area (Å²) in [6, 6.07) is 6.59. The predicted octanol–water partition coefficient (Wildman–Crippen LogP) is 2.00. The Balaban J connectivity index is 1.88. The summed E-state index contributed by atoms with van der Waals surface area (Å²) in [5.41, 5.74) is 1.10. The molecule has 7 heteroatoms. The van der Waals surface area contributed by atoms with Crippen molar-refractivity contribution in [3.63, 3.8) is 0 Å². The van der Waals surface area contributed by atoms with Gasteiger partial charge >= 0.3 is 11.8 Å². The molecule has 0 saturated carbocycles. The standard InChI is InChI=1S/C18H25N3O4/c1-25-13-16(22)19-14-7-9-15(10-8-14)20-17(23)18(24)21-11-5-3-2-4-6-12-21/h7-10H,2-6,11-13H2,1H3,(H,19,22)(H,20,23). The van der Waals surface area contributed by atoms with Crippen LogP contribution in [0.25, 0.3) is 0 Å². The van der Waals surface area contributed by atoms with Gasteiger partial charge in [-0.05, 0) is 37.1 Å². The number of hydrogen-bond acceptors (Lipinski definition) is 4. The van der Waals surface area contributed by atoms with Crippen molar-refractivity contribution in [2.75, 3.05) is 37.4 Å². The van der Waals surface area contributed by atoms with Gasteiger partial charge in [0, 0.05) is 31.6 Å². The summed E-state index contributed by atoms with van der Waals surface area (Å²) < 4.78 is 4.74. The van der Waals surface area contributed by atoms with Gasteiger partial charge in [-0.15, -0.1) is 0 Å². The quantitative estimate of drug-likeness (QED) is 0.816. The number of methoxy groups -OCH3 is 1. The molecule has 0 aromatic heterocycles. The van der Waals surface area contributed by atoms with Crippen LogP contribution in [0.15, 0.2) is 24.3 Å². The molecule has 1 aliphatic heterocycles. The molecule has 25 heavy (non-hydrogen) atoms. The lowest BCUT2D eigenvalue weighted by molar-refractivity contribution is -0.143. The van der Waals surface area contributed by atoms with Gasteiger partial charge in [0.1, 0.15) is 6.61 Å². The summed E-state index contributed by atoms with van der Waals surface area (Å²) in [6.45, 7) is 1.25. The van der Waals surface area contributed by atoms with E-state index in [0.717, 1.165) is 25.7 Å². The fourth-order valence-corrected chi connectivity index (χ4v) is 2.74. The van der Waals surface area contributed by atoms with Crippen LogP contribution >= 0.6 is 0 Å². The maximum absolute atomic E-state index is 12.3. The SMILES string of the molecule is COCC(=O)Nc1ccc(NC(=O)C(=O)N2CCCCCCC2)cc1. The van der Waals surface area contributed by atoms with Crippen molar-refractivity contribution in [3.8, 4) is 0 Å². The molecule has 0 radical (unpaired) electrons. The van der Waals surface area contributed by atoms with Crippen molar-refractivity contribution >= 4 is 29.1 Å². The van der Waals surface area contributed by atoms with Gasteiger partial charge in [0.05, 0.1) is 0 Å². The van der Waals surface area contributed by atoms with E-state index in [1.807, 2.05) is 0 Å². The highest BCUT2D eigenvalue weighted by Crippen LogP contribution is 2.15. The van der Waals surface area contributed by atoms with Gasteiger partial charge in [0.15, 0.2) is 0 Å². The number of carbonyl (C=O) groups is 3. The largest absolute Gasteiger partial charge is 0.375 e. The summed E-state index contributed by atoms with van der Waals surface area (Å²) in [5.74, 6) is -1.37. The second-order valence-electron chi connectivity index (χ2n) is 6.07. The summed E-state index contributed by atoms with van der Waals surface area (Å²) >= 11 is 0. The van der Waals surface area contributed by atoms with Gasteiger partial charge in [-0.2, -0.15) is 0 Å². The second-order valence-corrected chi connectivity index (χ2v) is 6.07. The van der Waals surface area contributed by atoms with Crippen molar-refractivity contribution in [3.05, 3.63) is 24.3 Å². The Morgan fingerprint density at radius 2 is 1.44 bits per heavy atom. The van der Waals surface area contributed by atoms with E-state index in [1.54, 1.807) is 29.2 Å².